The highest BCUT2D eigenvalue weighted by atomic mass is 16.4. The number of carbonyl (C=O) groups excluding carboxylic acids is 1. The molecule has 0 saturated heterocycles. The molecule has 1 amide bonds. The van der Waals surface area contributed by atoms with Crippen molar-refractivity contribution in [2.45, 2.75) is 20.3 Å². The molecule has 186 valence electrons. The van der Waals surface area contributed by atoms with Crippen LogP contribution in [0.2, 0.25) is 0 Å². The lowest BCUT2D eigenvalue weighted by molar-refractivity contribution is 0.102. The molecule has 0 aliphatic heterocycles. The Morgan fingerprint density at radius 1 is 0.842 bits per heavy atom. The lowest BCUT2D eigenvalue weighted by atomic mass is 10.0. The van der Waals surface area contributed by atoms with Crippen LogP contribution in [0.5, 0.6) is 0 Å². The second kappa shape index (κ2) is 9.48. The summed E-state index contributed by atoms with van der Waals surface area (Å²) in [7, 11) is 0. The van der Waals surface area contributed by atoms with Crippen LogP contribution in [0.4, 0.5) is 5.69 Å². The number of oxazole rings is 1. The Balaban J connectivity index is 1.25. The number of benzene rings is 4. The topological polar surface area (TPSA) is 85.3 Å². The van der Waals surface area contributed by atoms with E-state index in [0.29, 0.717) is 33.9 Å². The molecule has 0 fully saturated rings. The van der Waals surface area contributed by atoms with Crippen molar-refractivity contribution in [1.29, 1.82) is 0 Å². The van der Waals surface area contributed by atoms with Crippen LogP contribution in [0.15, 0.2) is 105 Å². The fourth-order valence-corrected chi connectivity index (χ4v) is 4.46. The maximum Gasteiger partial charge on any atom is 0.344 e. The van der Waals surface area contributed by atoms with Crippen LogP contribution in [-0.2, 0) is 6.42 Å². The van der Waals surface area contributed by atoms with E-state index in [9.17, 15) is 9.59 Å². The molecule has 0 unspecified atom stereocenters. The smallest absolute Gasteiger partial charge is 0.344 e. The molecule has 6 aromatic rings. The van der Waals surface area contributed by atoms with Gasteiger partial charge in [0.15, 0.2) is 5.58 Å². The van der Waals surface area contributed by atoms with Crippen LogP contribution in [-0.4, -0.2) is 10.9 Å². The van der Waals surface area contributed by atoms with Crippen LogP contribution in [0.25, 0.3) is 44.7 Å². The zero-order valence-electron chi connectivity index (χ0n) is 20.9. The first-order valence-corrected chi connectivity index (χ1v) is 12.4. The molecule has 6 heteroatoms. The molecule has 6 rings (SSSR count). The van der Waals surface area contributed by atoms with Gasteiger partial charge in [-0.1, -0.05) is 49.4 Å². The largest absolute Gasteiger partial charge is 0.436 e. The number of aryl methyl sites for hydroxylation is 2. The second-order valence-electron chi connectivity index (χ2n) is 9.22. The summed E-state index contributed by atoms with van der Waals surface area (Å²) in [4.78, 5) is 30.2. The maximum atomic E-state index is 13.1. The molecule has 0 radical (unpaired) electrons. The number of aromatic nitrogens is 1. The predicted octanol–water partition coefficient (Wildman–Crippen LogP) is 7.39. The molecule has 1 N–H and O–H groups in total. The Morgan fingerprint density at radius 3 is 2.45 bits per heavy atom. The number of carbonyl (C=O) groups is 1. The number of hydrogen-bond donors (Lipinski definition) is 1. The van der Waals surface area contributed by atoms with Crippen LogP contribution in [0, 0.1) is 6.92 Å². The van der Waals surface area contributed by atoms with Crippen LogP contribution in [0.3, 0.4) is 0 Å². The summed E-state index contributed by atoms with van der Waals surface area (Å²) in [5, 5.41) is 3.83. The first-order valence-electron chi connectivity index (χ1n) is 12.4. The van der Waals surface area contributed by atoms with Gasteiger partial charge in [-0.2, -0.15) is 0 Å². The third kappa shape index (κ3) is 4.37. The summed E-state index contributed by atoms with van der Waals surface area (Å²) in [6.07, 6.45) is 0.926. The predicted molar refractivity (Wildman–Crippen MR) is 149 cm³/mol. The zero-order valence-corrected chi connectivity index (χ0v) is 20.9. The van der Waals surface area contributed by atoms with Gasteiger partial charge in [0.25, 0.3) is 5.91 Å². The van der Waals surface area contributed by atoms with Crippen molar-refractivity contribution in [2.24, 2.45) is 0 Å². The average Bonchev–Trinajstić information content (AvgIpc) is 3.37. The molecule has 0 atom stereocenters. The third-order valence-corrected chi connectivity index (χ3v) is 6.69. The van der Waals surface area contributed by atoms with Gasteiger partial charge in [-0.25, -0.2) is 9.78 Å². The van der Waals surface area contributed by atoms with E-state index in [4.69, 9.17) is 8.83 Å². The molecule has 6 nitrogen and oxygen atoms in total. The molecule has 0 aliphatic rings. The van der Waals surface area contributed by atoms with Crippen molar-refractivity contribution in [3.8, 4) is 22.6 Å². The van der Waals surface area contributed by atoms with Crippen molar-refractivity contribution in [3.63, 3.8) is 0 Å². The molecular formula is C32H24N2O4. The number of anilines is 1. The minimum Gasteiger partial charge on any atom is -0.436 e. The van der Waals surface area contributed by atoms with Gasteiger partial charge in [-0.15, -0.1) is 0 Å². The number of para-hydroxylation sites is 1. The van der Waals surface area contributed by atoms with E-state index in [0.717, 1.165) is 34.0 Å². The highest BCUT2D eigenvalue weighted by Crippen LogP contribution is 2.29. The first kappa shape index (κ1) is 23.4. The third-order valence-electron chi connectivity index (χ3n) is 6.69. The Labute approximate surface area is 218 Å². The standard InChI is InChI=1S/C32H24N2O4/c1-3-20-9-15-29-27(16-20)34-31(37-29)24-10-8-19(2)26(18-24)33-30(35)22-13-11-21(12-14-22)25-17-23-6-4-5-7-28(23)38-32(25)36/h4-18H,3H2,1-2H3,(H,33,35). The maximum absolute atomic E-state index is 13.1. The van der Waals surface area contributed by atoms with Crippen molar-refractivity contribution >= 4 is 33.7 Å². The van der Waals surface area contributed by atoms with Crippen molar-refractivity contribution in [3.05, 3.63) is 118 Å². The fourth-order valence-electron chi connectivity index (χ4n) is 4.46. The molecule has 2 aromatic heterocycles. The minimum atomic E-state index is -0.418. The first-order chi connectivity index (χ1) is 18.5. The van der Waals surface area contributed by atoms with Crippen molar-refractivity contribution in [2.75, 3.05) is 5.32 Å². The number of amides is 1. The Bertz CT molecular complexity index is 1880. The van der Waals surface area contributed by atoms with Gasteiger partial charge in [-0.05, 0) is 78.6 Å². The molecule has 0 saturated carbocycles. The van der Waals surface area contributed by atoms with Gasteiger partial charge in [0.2, 0.25) is 5.89 Å². The Morgan fingerprint density at radius 2 is 1.63 bits per heavy atom. The summed E-state index contributed by atoms with van der Waals surface area (Å²) in [5.41, 5.74) is 6.81. The SMILES string of the molecule is CCc1ccc2oc(-c3ccc(C)c(NC(=O)c4ccc(-c5cc6ccccc6oc5=O)cc4)c3)nc2c1. The average molecular weight is 501 g/mol. The summed E-state index contributed by atoms with van der Waals surface area (Å²) in [6.45, 7) is 4.03. The number of nitrogens with one attached hydrogen (secondary N) is 1. The molecule has 0 aliphatic carbocycles. The summed E-state index contributed by atoms with van der Waals surface area (Å²) in [6, 6.07) is 27.8. The van der Waals surface area contributed by atoms with E-state index >= 15 is 0 Å². The molecular weight excluding hydrogens is 476 g/mol. The summed E-state index contributed by atoms with van der Waals surface area (Å²) in [5.74, 6) is 0.245. The van der Waals surface area contributed by atoms with Crippen LogP contribution >= 0.6 is 0 Å². The lowest BCUT2D eigenvalue weighted by Crippen LogP contribution is -2.13. The molecule has 4 aromatic carbocycles. The van der Waals surface area contributed by atoms with E-state index in [-0.39, 0.29) is 5.91 Å². The molecule has 0 spiro atoms. The number of nitrogens with zero attached hydrogens (tertiary/aromatic N) is 1. The number of hydrogen-bond acceptors (Lipinski definition) is 5. The zero-order chi connectivity index (χ0) is 26.2. The Hall–Kier alpha value is -4.97. The normalized spacial score (nSPS) is 11.2. The second-order valence-corrected chi connectivity index (χ2v) is 9.22. The van der Waals surface area contributed by atoms with E-state index < -0.39 is 5.63 Å². The Kier molecular flexibility index (Phi) is 5.85. The molecule has 38 heavy (non-hydrogen) atoms. The van der Waals surface area contributed by atoms with E-state index in [1.807, 2.05) is 61.5 Å². The summed E-state index contributed by atoms with van der Waals surface area (Å²) < 4.78 is 11.4. The van der Waals surface area contributed by atoms with Gasteiger partial charge in [0, 0.05) is 22.2 Å². The van der Waals surface area contributed by atoms with Gasteiger partial charge in [0.1, 0.15) is 11.1 Å². The van der Waals surface area contributed by atoms with Gasteiger partial charge >= 0.3 is 5.63 Å². The fraction of sp³-hybridized carbons (Fsp3) is 0.0938. The monoisotopic (exact) mass is 500 g/mol. The van der Waals surface area contributed by atoms with Crippen molar-refractivity contribution in [1.82, 2.24) is 4.98 Å². The van der Waals surface area contributed by atoms with E-state index in [2.05, 4.69) is 17.2 Å². The molecule has 0 bridgehead atoms. The highest BCUT2D eigenvalue weighted by molar-refractivity contribution is 6.05. The number of rotatable bonds is 5. The van der Waals surface area contributed by atoms with E-state index in [1.54, 1.807) is 36.4 Å². The quantitative estimate of drug-likeness (QED) is 0.249. The van der Waals surface area contributed by atoms with Crippen molar-refractivity contribution < 1.29 is 13.6 Å². The minimum absolute atomic E-state index is 0.257. The highest BCUT2D eigenvalue weighted by Gasteiger charge is 2.14. The van der Waals surface area contributed by atoms with Gasteiger partial charge in [-0.3, -0.25) is 4.79 Å². The van der Waals surface area contributed by atoms with E-state index in [1.165, 1.54) is 5.56 Å². The van der Waals surface area contributed by atoms with Gasteiger partial charge in [0.05, 0.1) is 5.56 Å². The van der Waals surface area contributed by atoms with Crippen LogP contribution in [0.1, 0.15) is 28.4 Å². The van der Waals surface area contributed by atoms with Gasteiger partial charge < -0.3 is 14.2 Å². The lowest BCUT2D eigenvalue weighted by Gasteiger charge is -2.10. The number of fused-ring (bicyclic) bond motifs is 2. The molecule has 2 heterocycles. The van der Waals surface area contributed by atoms with Crippen LogP contribution < -0.4 is 10.9 Å². The summed E-state index contributed by atoms with van der Waals surface area (Å²) >= 11 is 0.